The zero-order chi connectivity index (χ0) is 26.1. The van der Waals surface area contributed by atoms with Crippen LogP contribution in [0.25, 0.3) is 0 Å². The van der Waals surface area contributed by atoms with Crippen LogP contribution in [-0.2, 0) is 10.2 Å². The second-order valence-corrected chi connectivity index (χ2v) is 9.41. The van der Waals surface area contributed by atoms with Crippen LogP contribution in [-0.4, -0.2) is 40.2 Å². The van der Waals surface area contributed by atoms with E-state index in [1.54, 1.807) is 36.4 Å². The Hall–Kier alpha value is -3.65. The van der Waals surface area contributed by atoms with Gasteiger partial charge in [0, 0.05) is 5.41 Å². The van der Waals surface area contributed by atoms with E-state index < -0.39 is 30.8 Å². The van der Waals surface area contributed by atoms with Gasteiger partial charge in [0.2, 0.25) is 0 Å². The van der Waals surface area contributed by atoms with Crippen LogP contribution in [0, 0.1) is 6.92 Å². The SMILES string of the molecule is Cc1ccc(C2=NN(C(=O)COc3ccc(C(C)(C)c4ccccc4)cc3)[C@@](O)(C(F)(F)F)C2)cc1. The molecule has 8 heteroatoms. The van der Waals surface area contributed by atoms with Crippen LogP contribution >= 0.6 is 0 Å². The standard InChI is InChI=1S/C28H27F3N2O3/c1-19-9-11-20(12-10-19)24-17-27(35,28(29,30)31)33(32-24)25(34)18-36-23-15-13-22(14-16-23)26(2,3)21-7-5-4-6-8-21/h4-16,35H,17-18H2,1-3H3/t27-/m0/s1. The molecule has 3 aromatic carbocycles. The van der Waals surface area contributed by atoms with Crippen molar-refractivity contribution in [3.8, 4) is 5.75 Å². The second kappa shape index (κ2) is 9.43. The summed E-state index contributed by atoms with van der Waals surface area (Å²) < 4.78 is 46.9. The summed E-state index contributed by atoms with van der Waals surface area (Å²) in [6.45, 7) is 5.28. The largest absolute Gasteiger partial charge is 0.484 e. The average molecular weight is 497 g/mol. The molecular weight excluding hydrogens is 469 g/mol. The second-order valence-electron chi connectivity index (χ2n) is 9.41. The van der Waals surface area contributed by atoms with Gasteiger partial charge in [-0.05, 0) is 35.7 Å². The lowest BCUT2D eigenvalue weighted by Gasteiger charge is -2.32. The van der Waals surface area contributed by atoms with Gasteiger partial charge in [0.25, 0.3) is 11.6 Å². The van der Waals surface area contributed by atoms with E-state index in [-0.39, 0.29) is 16.1 Å². The van der Waals surface area contributed by atoms with Gasteiger partial charge in [-0.1, -0.05) is 86.1 Å². The fourth-order valence-electron chi connectivity index (χ4n) is 4.13. The molecule has 1 aliphatic heterocycles. The van der Waals surface area contributed by atoms with Crippen LogP contribution in [0.1, 0.15) is 42.5 Å². The van der Waals surface area contributed by atoms with E-state index in [9.17, 15) is 23.1 Å². The van der Waals surface area contributed by atoms with Gasteiger partial charge >= 0.3 is 6.18 Å². The minimum atomic E-state index is -5.11. The summed E-state index contributed by atoms with van der Waals surface area (Å²) in [7, 11) is 0. The molecule has 36 heavy (non-hydrogen) atoms. The summed E-state index contributed by atoms with van der Waals surface area (Å²) in [6.07, 6.45) is -5.97. The average Bonchev–Trinajstić information content (AvgIpc) is 3.23. The van der Waals surface area contributed by atoms with E-state index in [1.165, 1.54) is 0 Å². The molecule has 5 nitrogen and oxygen atoms in total. The predicted octanol–water partition coefficient (Wildman–Crippen LogP) is 5.59. The van der Waals surface area contributed by atoms with E-state index in [0.717, 1.165) is 16.7 Å². The molecule has 188 valence electrons. The highest BCUT2D eigenvalue weighted by Crippen LogP contribution is 2.41. The smallest absolute Gasteiger partial charge is 0.438 e. The van der Waals surface area contributed by atoms with Crippen LogP contribution in [0.15, 0.2) is 84.0 Å². The van der Waals surface area contributed by atoms with Gasteiger partial charge in [-0.15, -0.1) is 0 Å². The quantitative estimate of drug-likeness (QED) is 0.484. The summed E-state index contributed by atoms with van der Waals surface area (Å²) in [5.74, 6) is -0.793. The van der Waals surface area contributed by atoms with Gasteiger partial charge in [-0.2, -0.15) is 23.3 Å². The Morgan fingerprint density at radius 2 is 1.56 bits per heavy atom. The Morgan fingerprint density at radius 1 is 0.972 bits per heavy atom. The van der Waals surface area contributed by atoms with Gasteiger partial charge in [-0.3, -0.25) is 4.79 Å². The van der Waals surface area contributed by atoms with E-state index in [1.807, 2.05) is 49.4 Å². The molecule has 1 N–H and O–H groups in total. The predicted molar refractivity (Wildman–Crippen MR) is 131 cm³/mol. The van der Waals surface area contributed by atoms with Crippen molar-refractivity contribution in [1.29, 1.82) is 0 Å². The number of halogens is 3. The molecule has 0 saturated carbocycles. The highest BCUT2D eigenvalue weighted by molar-refractivity contribution is 6.03. The molecule has 3 aromatic rings. The number of rotatable bonds is 6. The summed E-state index contributed by atoms with van der Waals surface area (Å²) in [5.41, 5.74) is -0.316. The van der Waals surface area contributed by atoms with Crippen molar-refractivity contribution < 1.29 is 27.8 Å². The number of hydrazone groups is 1. The number of amides is 1. The number of alkyl halides is 3. The van der Waals surface area contributed by atoms with Gasteiger partial charge < -0.3 is 9.84 Å². The fourth-order valence-corrected chi connectivity index (χ4v) is 4.13. The summed E-state index contributed by atoms with van der Waals surface area (Å²) >= 11 is 0. The molecule has 0 aliphatic carbocycles. The van der Waals surface area contributed by atoms with Crippen molar-refractivity contribution in [2.45, 2.75) is 44.5 Å². The minimum Gasteiger partial charge on any atom is -0.484 e. The lowest BCUT2D eigenvalue weighted by Crippen LogP contribution is -2.57. The fraction of sp³-hybridized carbons (Fsp3) is 0.286. The minimum absolute atomic E-state index is 0.0318. The van der Waals surface area contributed by atoms with Gasteiger partial charge in [0.15, 0.2) is 6.61 Å². The number of carbonyl (C=O) groups is 1. The molecule has 1 aliphatic rings. The Kier molecular flexibility index (Phi) is 6.66. The molecule has 4 rings (SSSR count). The summed E-state index contributed by atoms with van der Waals surface area (Å²) in [6, 6.07) is 23.6. The molecular formula is C28H27F3N2O3. The number of hydrogen-bond acceptors (Lipinski definition) is 4. The van der Waals surface area contributed by atoms with Crippen molar-refractivity contribution in [1.82, 2.24) is 5.01 Å². The molecule has 0 radical (unpaired) electrons. The molecule has 0 unspecified atom stereocenters. The van der Waals surface area contributed by atoms with E-state index in [0.29, 0.717) is 11.3 Å². The van der Waals surface area contributed by atoms with Crippen molar-refractivity contribution in [3.05, 3.63) is 101 Å². The maximum absolute atomic E-state index is 13.8. The molecule has 0 spiro atoms. The van der Waals surface area contributed by atoms with Gasteiger partial charge in [0.05, 0.1) is 12.1 Å². The zero-order valence-electron chi connectivity index (χ0n) is 20.2. The number of nitrogens with zero attached hydrogens (tertiary/aromatic N) is 2. The number of aryl methyl sites for hydroxylation is 1. The Balaban J connectivity index is 1.50. The van der Waals surface area contributed by atoms with Gasteiger partial charge in [0.1, 0.15) is 5.75 Å². The molecule has 0 aromatic heterocycles. The van der Waals surface area contributed by atoms with Crippen LogP contribution in [0.4, 0.5) is 13.2 Å². The Morgan fingerprint density at radius 3 is 2.14 bits per heavy atom. The third-order valence-corrected chi connectivity index (χ3v) is 6.49. The number of aliphatic hydroxyl groups is 1. The van der Waals surface area contributed by atoms with Gasteiger partial charge in [-0.25, -0.2) is 0 Å². The first kappa shape index (κ1) is 25.4. The van der Waals surface area contributed by atoms with E-state index in [2.05, 4.69) is 18.9 Å². The summed E-state index contributed by atoms with van der Waals surface area (Å²) in [5, 5.41) is 14.4. The molecule has 0 bridgehead atoms. The molecule has 1 atom stereocenters. The highest BCUT2D eigenvalue weighted by Gasteiger charge is 2.63. The highest BCUT2D eigenvalue weighted by atomic mass is 19.4. The molecule has 1 heterocycles. The topological polar surface area (TPSA) is 62.1 Å². The lowest BCUT2D eigenvalue weighted by atomic mass is 9.78. The first-order valence-corrected chi connectivity index (χ1v) is 11.5. The van der Waals surface area contributed by atoms with E-state index >= 15 is 0 Å². The first-order chi connectivity index (χ1) is 16.9. The normalized spacial score (nSPS) is 18.2. The van der Waals surface area contributed by atoms with Crippen LogP contribution in [0.5, 0.6) is 5.75 Å². The number of hydrogen-bond donors (Lipinski definition) is 1. The third kappa shape index (κ3) is 4.86. The first-order valence-electron chi connectivity index (χ1n) is 11.5. The van der Waals surface area contributed by atoms with Crippen LogP contribution in [0.2, 0.25) is 0 Å². The Bertz CT molecular complexity index is 1250. The maximum atomic E-state index is 13.8. The number of ether oxygens (including phenoxy) is 1. The number of benzene rings is 3. The summed E-state index contributed by atoms with van der Waals surface area (Å²) in [4.78, 5) is 12.8. The molecule has 0 fully saturated rings. The molecule has 1 amide bonds. The molecule has 0 saturated heterocycles. The monoisotopic (exact) mass is 496 g/mol. The third-order valence-electron chi connectivity index (χ3n) is 6.49. The maximum Gasteiger partial charge on any atom is 0.438 e. The van der Waals surface area contributed by atoms with Crippen LogP contribution in [0.3, 0.4) is 0 Å². The Labute approximate surface area is 207 Å². The van der Waals surface area contributed by atoms with Crippen molar-refractivity contribution >= 4 is 11.6 Å². The number of carbonyl (C=O) groups excluding carboxylic acids is 1. The van der Waals surface area contributed by atoms with Crippen LogP contribution < -0.4 is 4.74 Å². The lowest BCUT2D eigenvalue weighted by molar-refractivity contribution is -0.302. The van der Waals surface area contributed by atoms with E-state index in [4.69, 9.17) is 4.74 Å². The van der Waals surface area contributed by atoms with Crippen molar-refractivity contribution in [2.75, 3.05) is 6.61 Å². The zero-order valence-corrected chi connectivity index (χ0v) is 20.2. The van der Waals surface area contributed by atoms with Crippen molar-refractivity contribution in [3.63, 3.8) is 0 Å². The van der Waals surface area contributed by atoms with Crippen molar-refractivity contribution in [2.24, 2.45) is 5.10 Å².